The minimum absolute atomic E-state index is 0.183. The number of aromatic amines is 1. The zero-order valence-electron chi connectivity index (χ0n) is 21.0. The number of amides is 1. The van der Waals surface area contributed by atoms with Crippen LogP contribution in [-0.2, 0) is 17.6 Å². The minimum Gasteiger partial charge on any atom is -0.494 e. The van der Waals surface area contributed by atoms with E-state index in [2.05, 4.69) is 33.5 Å². The Morgan fingerprint density at radius 1 is 1.22 bits per heavy atom. The zero-order valence-corrected chi connectivity index (χ0v) is 21.0. The van der Waals surface area contributed by atoms with Crippen LogP contribution in [-0.4, -0.2) is 81.5 Å². The van der Waals surface area contributed by atoms with Crippen LogP contribution in [0.5, 0.6) is 5.75 Å². The van der Waals surface area contributed by atoms with Crippen molar-refractivity contribution >= 4 is 16.9 Å². The van der Waals surface area contributed by atoms with Gasteiger partial charge in [0.1, 0.15) is 22.7 Å². The summed E-state index contributed by atoms with van der Waals surface area (Å²) in [5.41, 5.74) is 8.06. The monoisotopic (exact) mass is 485 g/mol. The van der Waals surface area contributed by atoms with Gasteiger partial charge < -0.3 is 14.5 Å². The summed E-state index contributed by atoms with van der Waals surface area (Å²) >= 11 is 0. The number of rotatable bonds is 7. The Bertz CT molecular complexity index is 1430. The normalized spacial score (nSPS) is 15.5. The molecule has 1 aromatic carbocycles. The van der Waals surface area contributed by atoms with E-state index < -0.39 is 0 Å². The number of hydrogen-bond donors (Lipinski definition) is 1. The van der Waals surface area contributed by atoms with Crippen molar-refractivity contribution in [3.63, 3.8) is 0 Å². The van der Waals surface area contributed by atoms with Gasteiger partial charge in [-0.3, -0.25) is 14.6 Å². The molecule has 1 N–H and O–H groups in total. The summed E-state index contributed by atoms with van der Waals surface area (Å²) in [6.07, 6.45) is 7.74. The van der Waals surface area contributed by atoms with Crippen LogP contribution < -0.4 is 4.74 Å². The third kappa shape index (κ3) is 3.93. The highest BCUT2D eigenvalue weighted by atomic mass is 16.5. The smallest absolute Gasteiger partial charge is 0.224 e. The molecule has 0 saturated carbocycles. The van der Waals surface area contributed by atoms with Crippen LogP contribution in [0.4, 0.5) is 0 Å². The Morgan fingerprint density at radius 2 is 2.08 bits per heavy atom. The van der Waals surface area contributed by atoms with Gasteiger partial charge in [0, 0.05) is 49.4 Å². The number of ether oxygens (including phenoxy) is 1. The van der Waals surface area contributed by atoms with Crippen molar-refractivity contribution in [2.24, 2.45) is 0 Å². The van der Waals surface area contributed by atoms with Crippen LogP contribution in [0.3, 0.4) is 0 Å². The first-order valence-corrected chi connectivity index (χ1v) is 12.5. The topological polar surface area (TPSA) is 92.2 Å². The van der Waals surface area contributed by atoms with Crippen molar-refractivity contribution in [2.45, 2.75) is 31.7 Å². The lowest BCUT2D eigenvalue weighted by molar-refractivity contribution is -0.137. The molecule has 186 valence electrons. The summed E-state index contributed by atoms with van der Waals surface area (Å²) in [6.45, 7) is 2.14. The summed E-state index contributed by atoms with van der Waals surface area (Å²) < 4.78 is 7.68. The van der Waals surface area contributed by atoms with Gasteiger partial charge >= 0.3 is 0 Å². The Kier molecular flexibility index (Phi) is 5.72. The van der Waals surface area contributed by atoms with Crippen molar-refractivity contribution in [3.05, 3.63) is 47.8 Å². The fraction of sp³-hybridized carbons (Fsp3) is 0.407. The molecular formula is C27H31N7O2. The fourth-order valence-electron chi connectivity index (χ4n) is 5.28. The van der Waals surface area contributed by atoms with E-state index >= 15 is 0 Å². The number of benzene rings is 1. The van der Waals surface area contributed by atoms with Crippen LogP contribution in [0.15, 0.2) is 36.7 Å². The molecule has 1 amide bonds. The Labute approximate surface area is 210 Å². The van der Waals surface area contributed by atoms with E-state index in [0.29, 0.717) is 19.5 Å². The number of aryl methyl sites for hydroxylation is 1. The number of likely N-dealkylation sites (tertiary alicyclic amines) is 1. The second-order valence-corrected chi connectivity index (χ2v) is 10.0. The number of nitrogens with zero attached hydrogens (tertiary/aromatic N) is 6. The van der Waals surface area contributed by atoms with Gasteiger partial charge in [0.15, 0.2) is 0 Å². The molecule has 1 aliphatic carbocycles. The van der Waals surface area contributed by atoms with E-state index in [9.17, 15) is 4.79 Å². The van der Waals surface area contributed by atoms with Crippen LogP contribution in [0.2, 0.25) is 0 Å². The molecule has 3 aromatic heterocycles. The molecular weight excluding hydrogens is 454 g/mol. The van der Waals surface area contributed by atoms with E-state index in [4.69, 9.17) is 9.72 Å². The van der Waals surface area contributed by atoms with Gasteiger partial charge in [-0.05, 0) is 44.5 Å². The zero-order chi connectivity index (χ0) is 24.8. The molecule has 0 atom stereocenters. The Balaban J connectivity index is 1.27. The molecule has 1 fully saturated rings. The second kappa shape index (κ2) is 9.05. The predicted molar refractivity (Wildman–Crippen MR) is 138 cm³/mol. The third-order valence-electron chi connectivity index (χ3n) is 7.36. The number of carbonyl (C=O) groups is 1. The summed E-state index contributed by atoms with van der Waals surface area (Å²) in [4.78, 5) is 21.4. The number of hydrogen-bond acceptors (Lipinski definition) is 6. The fourth-order valence-corrected chi connectivity index (χ4v) is 5.28. The molecule has 0 bridgehead atoms. The van der Waals surface area contributed by atoms with Gasteiger partial charge in [0.05, 0.1) is 24.9 Å². The molecule has 9 nitrogen and oxygen atoms in total. The maximum Gasteiger partial charge on any atom is 0.224 e. The molecule has 0 radical (unpaired) electrons. The van der Waals surface area contributed by atoms with Gasteiger partial charge in [-0.15, -0.1) is 0 Å². The average molecular weight is 486 g/mol. The Morgan fingerprint density at radius 3 is 2.89 bits per heavy atom. The standard InChI is InChI=1S/C27H31N7O2/c1-32(2)11-10-24(35)33-15-19(16-33)34-14-18(13-28-34)25-27-22(30-31-25)12-23(36-3)26(29-27)21-9-5-7-17-6-4-8-20(17)21/h5,7,9,12-14,19H,4,6,8,10-11,15-16H2,1-3H3,(H,30,31). The number of H-pyrrole nitrogens is 1. The maximum atomic E-state index is 12.4. The first kappa shape index (κ1) is 22.7. The lowest BCUT2D eigenvalue weighted by Crippen LogP contribution is -2.51. The first-order chi connectivity index (χ1) is 17.5. The SMILES string of the molecule is COc1cc2[nH]nc(-c3cnn(C4CN(C(=O)CCN(C)C)C4)c3)c2nc1-c1cccc2c1CCC2. The van der Waals surface area contributed by atoms with Gasteiger partial charge in [0.25, 0.3) is 0 Å². The largest absolute Gasteiger partial charge is 0.494 e. The summed E-state index contributed by atoms with van der Waals surface area (Å²) in [5, 5.41) is 12.3. The van der Waals surface area contributed by atoms with Crippen LogP contribution in [0.25, 0.3) is 33.5 Å². The van der Waals surface area contributed by atoms with Crippen molar-refractivity contribution in [1.82, 2.24) is 34.8 Å². The molecule has 1 aliphatic heterocycles. The molecule has 0 spiro atoms. The quantitative estimate of drug-likeness (QED) is 0.432. The lowest BCUT2D eigenvalue weighted by atomic mass is 9.99. The predicted octanol–water partition coefficient (Wildman–Crippen LogP) is 3.32. The number of fused-ring (bicyclic) bond motifs is 2. The van der Waals surface area contributed by atoms with Crippen LogP contribution in [0, 0.1) is 0 Å². The molecule has 36 heavy (non-hydrogen) atoms. The number of aromatic nitrogens is 5. The van der Waals surface area contributed by atoms with E-state index in [-0.39, 0.29) is 11.9 Å². The number of nitrogens with one attached hydrogen (secondary N) is 1. The van der Waals surface area contributed by atoms with Crippen LogP contribution in [0.1, 0.15) is 30.0 Å². The van der Waals surface area contributed by atoms with E-state index in [0.717, 1.165) is 58.7 Å². The second-order valence-electron chi connectivity index (χ2n) is 10.0. The molecule has 9 heteroatoms. The Hall–Kier alpha value is -3.72. The summed E-state index contributed by atoms with van der Waals surface area (Å²) in [5.74, 6) is 0.936. The van der Waals surface area contributed by atoms with E-state index in [1.807, 2.05) is 47.0 Å². The van der Waals surface area contributed by atoms with E-state index in [1.165, 1.54) is 17.5 Å². The highest BCUT2D eigenvalue weighted by Gasteiger charge is 2.32. The molecule has 6 rings (SSSR count). The molecule has 0 unspecified atom stereocenters. The van der Waals surface area contributed by atoms with Crippen molar-refractivity contribution in [1.29, 1.82) is 0 Å². The minimum atomic E-state index is 0.183. The molecule has 2 aliphatic rings. The average Bonchev–Trinajstić information content (AvgIpc) is 3.59. The molecule has 1 saturated heterocycles. The first-order valence-electron chi connectivity index (χ1n) is 12.5. The highest BCUT2D eigenvalue weighted by molar-refractivity contribution is 5.93. The number of carbonyl (C=O) groups excluding carboxylic acids is 1. The summed E-state index contributed by atoms with van der Waals surface area (Å²) in [7, 11) is 5.65. The van der Waals surface area contributed by atoms with Gasteiger partial charge in [-0.25, -0.2) is 4.98 Å². The maximum absolute atomic E-state index is 12.4. The van der Waals surface area contributed by atoms with Crippen molar-refractivity contribution in [2.75, 3.05) is 40.8 Å². The molecule has 4 heterocycles. The lowest BCUT2D eigenvalue weighted by Gasteiger charge is -2.39. The summed E-state index contributed by atoms with van der Waals surface area (Å²) in [6, 6.07) is 8.63. The number of pyridine rings is 1. The van der Waals surface area contributed by atoms with Crippen LogP contribution >= 0.6 is 0 Å². The van der Waals surface area contributed by atoms with Gasteiger partial charge in [0.2, 0.25) is 5.91 Å². The molecule has 4 aromatic rings. The van der Waals surface area contributed by atoms with E-state index in [1.54, 1.807) is 7.11 Å². The number of methoxy groups -OCH3 is 1. The third-order valence-corrected chi connectivity index (χ3v) is 7.36. The van der Waals surface area contributed by atoms with Gasteiger partial charge in [-0.2, -0.15) is 10.2 Å². The van der Waals surface area contributed by atoms with Crippen molar-refractivity contribution < 1.29 is 9.53 Å². The van der Waals surface area contributed by atoms with Gasteiger partial charge in [-0.1, -0.05) is 18.2 Å². The highest BCUT2D eigenvalue weighted by Crippen LogP contribution is 2.39. The van der Waals surface area contributed by atoms with Crippen molar-refractivity contribution in [3.8, 4) is 28.3 Å².